The lowest BCUT2D eigenvalue weighted by atomic mass is 10.3. The third kappa shape index (κ3) is 4.30. The quantitative estimate of drug-likeness (QED) is 0.523. The molecule has 4 aromatic rings. The van der Waals surface area contributed by atoms with Crippen molar-refractivity contribution in [3.05, 3.63) is 78.4 Å². The van der Waals surface area contributed by atoms with Crippen LogP contribution in [0.15, 0.2) is 76.5 Å². The Hall–Kier alpha value is -3.59. The molecule has 0 atom stereocenters. The normalized spacial score (nSPS) is 11.5. The van der Waals surface area contributed by atoms with Crippen molar-refractivity contribution in [2.24, 2.45) is 0 Å². The van der Waals surface area contributed by atoms with E-state index in [9.17, 15) is 13.2 Å². The molecule has 3 heterocycles. The zero-order valence-electron chi connectivity index (χ0n) is 15.4. The molecular formula is C20H17N3O5S. The summed E-state index contributed by atoms with van der Waals surface area (Å²) in [4.78, 5) is 16.7. The Morgan fingerprint density at radius 2 is 1.93 bits per heavy atom. The van der Waals surface area contributed by atoms with E-state index in [0.29, 0.717) is 18.0 Å². The maximum Gasteiger partial charge on any atom is 0.291 e. The van der Waals surface area contributed by atoms with Crippen LogP contribution in [0.25, 0.3) is 5.65 Å². The Bertz CT molecular complexity index is 1240. The van der Waals surface area contributed by atoms with Crippen LogP contribution in [0.3, 0.4) is 0 Å². The number of sulfone groups is 1. The zero-order chi connectivity index (χ0) is 20.4. The van der Waals surface area contributed by atoms with Crippen molar-refractivity contribution in [3.63, 3.8) is 0 Å². The van der Waals surface area contributed by atoms with E-state index in [2.05, 4.69) is 10.3 Å². The number of fused-ring (bicyclic) bond motifs is 1. The summed E-state index contributed by atoms with van der Waals surface area (Å²) in [5.41, 5.74) is 2.17. The molecule has 0 aliphatic carbocycles. The number of rotatable bonds is 6. The maximum atomic E-state index is 12.2. The molecule has 1 N–H and O–H groups in total. The average molecular weight is 411 g/mol. The highest BCUT2D eigenvalue weighted by Crippen LogP contribution is 2.19. The smallest absolute Gasteiger partial charge is 0.291 e. The fraction of sp³-hybridized carbons (Fsp3) is 0.100. The van der Waals surface area contributed by atoms with Crippen LogP contribution < -0.4 is 10.1 Å². The minimum atomic E-state index is -3.50. The van der Waals surface area contributed by atoms with Crippen LogP contribution in [0.4, 0.5) is 5.69 Å². The molecule has 0 bridgehead atoms. The van der Waals surface area contributed by atoms with Gasteiger partial charge in [-0.3, -0.25) is 4.79 Å². The molecule has 8 nitrogen and oxygen atoms in total. The van der Waals surface area contributed by atoms with Gasteiger partial charge in [0.15, 0.2) is 5.76 Å². The number of imidazole rings is 1. The molecule has 0 radical (unpaired) electrons. The van der Waals surface area contributed by atoms with Gasteiger partial charge in [0.2, 0.25) is 14.9 Å². The molecule has 0 unspecified atom stereocenters. The standard InChI is InChI=1S/C20H17N3O5S/c1-29(25,26)19-10-9-17(28-19)20(24)22-14-5-7-16(8-6-14)27-13-15-12-23-11-3-2-4-18(23)21-15/h2-12H,13H2,1H3,(H,22,24). The topological polar surface area (TPSA) is 103 Å². The van der Waals surface area contributed by atoms with Gasteiger partial charge in [-0.15, -0.1) is 0 Å². The van der Waals surface area contributed by atoms with Crippen LogP contribution in [0, 0.1) is 0 Å². The Morgan fingerprint density at radius 1 is 1.14 bits per heavy atom. The molecule has 3 aromatic heterocycles. The first kappa shape index (κ1) is 18.8. The Labute approximate surface area is 166 Å². The van der Waals surface area contributed by atoms with Crippen molar-refractivity contribution in [2.75, 3.05) is 11.6 Å². The highest BCUT2D eigenvalue weighted by molar-refractivity contribution is 7.90. The number of hydrogen-bond donors (Lipinski definition) is 1. The van der Waals surface area contributed by atoms with E-state index >= 15 is 0 Å². The van der Waals surface area contributed by atoms with E-state index in [1.807, 2.05) is 35.0 Å². The van der Waals surface area contributed by atoms with Crippen LogP contribution in [0.5, 0.6) is 5.75 Å². The lowest BCUT2D eigenvalue weighted by Crippen LogP contribution is -2.10. The van der Waals surface area contributed by atoms with Crippen LogP contribution in [-0.4, -0.2) is 30.0 Å². The van der Waals surface area contributed by atoms with E-state index in [0.717, 1.165) is 17.6 Å². The minimum Gasteiger partial charge on any atom is -0.487 e. The number of benzene rings is 1. The number of hydrogen-bond acceptors (Lipinski definition) is 6. The fourth-order valence-electron chi connectivity index (χ4n) is 2.68. The minimum absolute atomic E-state index is 0.0856. The Morgan fingerprint density at radius 3 is 2.62 bits per heavy atom. The van der Waals surface area contributed by atoms with E-state index in [1.165, 1.54) is 12.1 Å². The number of amides is 1. The fourth-order valence-corrected chi connectivity index (χ4v) is 3.24. The Balaban J connectivity index is 1.37. The number of aromatic nitrogens is 2. The van der Waals surface area contributed by atoms with Crippen LogP contribution >= 0.6 is 0 Å². The molecule has 0 saturated carbocycles. The van der Waals surface area contributed by atoms with Crippen molar-refractivity contribution in [1.29, 1.82) is 0 Å². The lowest BCUT2D eigenvalue weighted by Gasteiger charge is -2.06. The first-order chi connectivity index (χ1) is 13.9. The molecule has 29 heavy (non-hydrogen) atoms. The van der Waals surface area contributed by atoms with Gasteiger partial charge in [-0.25, -0.2) is 13.4 Å². The van der Waals surface area contributed by atoms with Gasteiger partial charge in [-0.2, -0.15) is 0 Å². The lowest BCUT2D eigenvalue weighted by molar-refractivity contribution is 0.0991. The SMILES string of the molecule is CS(=O)(=O)c1ccc(C(=O)Nc2ccc(OCc3cn4ccccc4n3)cc2)o1. The summed E-state index contributed by atoms with van der Waals surface area (Å²) in [6.07, 6.45) is 4.83. The summed E-state index contributed by atoms with van der Waals surface area (Å²) in [6, 6.07) is 15.1. The van der Waals surface area contributed by atoms with Crippen LogP contribution in [0.1, 0.15) is 16.2 Å². The van der Waals surface area contributed by atoms with Gasteiger partial charge in [-0.05, 0) is 48.5 Å². The van der Waals surface area contributed by atoms with Crippen LogP contribution in [-0.2, 0) is 16.4 Å². The van der Waals surface area contributed by atoms with Crippen molar-refractivity contribution in [3.8, 4) is 5.75 Å². The molecule has 0 saturated heterocycles. The van der Waals surface area contributed by atoms with Crippen molar-refractivity contribution in [1.82, 2.24) is 9.38 Å². The molecule has 0 aliphatic heterocycles. The summed E-state index contributed by atoms with van der Waals surface area (Å²) >= 11 is 0. The number of ether oxygens (including phenoxy) is 1. The molecule has 1 amide bonds. The van der Waals surface area contributed by atoms with E-state index in [1.54, 1.807) is 24.3 Å². The van der Waals surface area contributed by atoms with Gasteiger partial charge in [0.25, 0.3) is 5.91 Å². The molecule has 0 spiro atoms. The number of carbonyl (C=O) groups is 1. The number of pyridine rings is 1. The first-order valence-electron chi connectivity index (χ1n) is 8.65. The molecule has 9 heteroatoms. The van der Waals surface area contributed by atoms with Gasteiger partial charge in [-0.1, -0.05) is 6.07 Å². The maximum absolute atomic E-state index is 12.2. The summed E-state index contributed by atoms with van der Waals surface area (Å²) in [7, 11) is -3.50. The summed E-state index contributed by atoms with van der Waals surface area (Å²) in [5, 5.41) is 2.39. The van der Waals surface area contributed by atoms with E-state index in [4.69, 9.17) is 9.15 Å². The third-order valence-electron chi connectivity index (χ3n) is 4.08. The van der Waals surface area contributed by atoms with E-state index < -0.39 is 15.7 Å². The highest BCUT2D eigenvalue weighted by atomic mass is 32.2. The second-order valence-electron chi connectivity index (χ2n) is 6.36. The average Bonchev–Trinajstić information content (AvgIpc) is 3.34. The predicted molar refractivity (Wildman–Crippen MR) is 106 cm³/mol. The van der Waals surface area contributed by atoms with Gasteiger partial charge < -0.3 is 18.9 Å². The first-order valence-corrected chi connectivity index (χ1v) is 10.5. The molecular weight excluding hydrogens is 394 g/mol. The zero-order valence-corrected chi connectivity index (χ0v) is 16.2. The third-order valence-corrected chi connectivity index (χ3v) is 5.03. The summed E-state index contributed by atoms with van der Waals surface area (Å²) < 4.78 is 35.6. The molecule has 0 fully saturated rings. The number of carbonyl (C=O) groups excluding carboxylic acids is 1. The number of anilines is 1. The number of nitrogens with zero attached hydrogens (tertiary/aromatic N) is 2. The molecule has 1 aromatic carbocycles. The van der Waals surface area contributed by atoms with Gasteiger partial charge >= 0.3 is 0 Å². The van der Waals surface area contributed by atoms with Crippen molar-refractivity contribution < 1.29 is 22.4 Å². The van der Waals surface area contributed by atoms with Gasteiger partial charge in [0, 0.05) is 24.3 Å². The van der Waals surface area contributed by atoms with Gasteiger partial charge in [0.05, 0.1) is 5.69 Å². The van der Waals surface area contributed by atoms with Gasteiger partial charge in [0.1, 0.15) is 18.0 Å². The predicted octanol–water partition coefficient (Wildman–Crippen LogP) is 3.16. The second kappa shape index (κ2) is 7.44. The molecule has 4 rings (SSSR count). The highest BCUT2D eigenvalue weighted by Gasteiger charge is 2.17. The summed E-state index contributed by atoms with van der Waals surface area (Å²) in [6.45, 7) is 0.314. The molecule has 148 valence electrons. The largest absolute Gasteiger partial charge is 0.487 e. The number of nitrogens with one attached hydrogen (secondary N) is 1. The Kier molecular flexibility index (Phi) is 4.81. The molecule has 0 aliphatic rings. The van der Waals surface area contributed by atoms with Crippen molar-refractivity contribution >= 4 is 27.1 Å². The summed E-state index contributed by atoms with van der Waals surface area (Å²) in [5.74, 6) is -0.00622. The van der Waals surface area contributed by atoms with Crippen LogP contribution in [0.2, 0.25) is 0 Å². The number of furan rings is 1. The van der Waals surface area contributed by atoms with E-state index in [-0.39, 0.29) is 10.9 Å². The van der Waals surface area contributed by atoms with Crippen molar-refractivity contribution in [2.45, 2.75) is 11.7 Å². The second-order valence-corrected chi connectivity index (χ2v) is 8.30. The monoisotopic (exact) mass is 411 g/mol.